The topological polar surface area (TPSA) is 43.4 Å². The minimum Gasteiger partial charge on any atom is -0.423 e. The van der Waals surface area contributed by atoms with Crippen molar-refractivity contribution in [1.29, 1.82) is 0 Å². The highest BCUT2D eigenvalue weighted by molar-refractivity contribution is 9.10. The Morgan fingerprint density at radius 1 is 0.889 bits per heavy atom. The molecule has 0 aromatic heterocycles. The van der Waals surface area contributed by atoms with E-state index in [0.717, 1.165) is 10.0 Å². The lowest BCUT2D eigenvalue weighted by molar-refractivity contribution is 0.0729. The predicted octanol–water partition coefficient (Wildman–Crippen LogP) is 5.70. The van der Waals surface area contributed by atoms with Crippen LogP contribution >= 0.6 is 15.9 Å². The van der Waals surface area contributed by atoms with Crippen molar-refractivity contribution < 1.29 is 18.7 Å². The molecule has 0 N–H and O–H groups in total. The van der Waals surface area contributed by atoms with Gasteiger partial charge in [-0.2, -0.15) is 0 Å². The third kappa shape index (κ3) is 4.99. The minimum absolute atomic E-state index is 0.113. The van der Waals surface area contributed by atoms with E-state index in [4.69, 9.17) is 4.74 Å². The molecular formula is C22H14BrFO3. The summed E-state index contributed by atoms with van der Waals surface area (Å²) in [7, 11) is 0. The highest BCUT2D eigenvalue weighted by Gasteiger charge is 2.13. The molecule has 27 heavy (non-hydrogen) atoms. The van der Waals surface area contributed by atoms with Crippen molar-refractivity contribution in [1.82, 2.24) is 0 Å². The SMILES string of the molecule is O=C(/C=C/c1ccc(OC(=O)c2ccccc2F)cc1)c1ccc(Br)cc1. The van der Waals surface area contributed by atoms with E-state index in [2.05, 4.69) is 15.9 Å². The van der Waals surface area contributed by atoms with Gasteiger partial charge in [-0.25, -0.2) is 9.18 Å². The first-order chi connectivity index (χ1) is 13.0. The van der Waals surface area contributed by atoms with E-state index in [1.165, 1.54) is 24.3 Å². The van der Waals surface area contributed by atoms with E-state index in [9.17, 15) is 14.0 Å². The molecule has 0 aliphatic rings. The van der Waals surface area contributed by atoms with Crippen molar-refractivity contribution in [2.24, 2.45) is 0 Å². The molecule has 3 nitrogen and oxygen atoms in total. The zero-order valence-corrected chi connectivity index (χ0v) is 15.6. The zero-order chi connectivity index (χ0) is 19.2. The number of allylic oxidation sites excluding steroid dienone is 1. The molecular weight excluding hydrogens is 411 g/mol. The summed E-state index contributed by atoms with van der Waals surface area (Å²) < 4.78 is 19.7. The Kier molecular flexibility index (Phi) is 5.94. The van der Waals surface area contributed by atoms with Crippen LogP contribution in [0.5, 0.6) is 5.75 Å². The Balaban J connectivity index is 1.65. The van der Waals surface area contributed by atoms with Gasteiger partial charge in [0.1, 0.15) is 11.6 Å². The van der Waals surface area contributed by atoms with E-state index in [-0.39, 0.29) is 11.3 Å². The normalized spacial score (nSPS) is 10.7. The van der Waals surface area contributed by atoms with Gasteiger partial charge < -0.3 is 4.74 Å². The van der Waals surface area contributed by atoms with E-state index in [1.54, 1.807) is 60.7 Å². The first-order valence-corrected chi connectivity index (χ1v) is 8.87. The van der Waals surface area contributed by atoms with Crippen molar-refractivity contribution in [2.75, 3.05) is 0 Å². The van der Waals surface area contributed by atoms with Crippen LogP contribution in [0.4, 0.5) is 4.39 Å². The maximum absolute atomic E-state index is 13.6. The Bertz CT molecular complexity index is 993. The molecule has 0 fully saturated rings. The summed E-state index contributed by atoms with van der Waals surface area (Å²) in [5, 5.41) is 0. The van der Waals surface area contributed by atoms with Crippen LogP contribution in [0.15, 0.2) is 83.3 Å². The van der Waals surface area contributed by atoms with Crippen molar-refractivity contribution in [2.45, 2.75) is 0 Å². The van der Waals surface area contributed by atoms with Crippen LogP contribution in [0.25, 0.3) is 6.08 Å². The number of benzene rings is 3. The van der Waals surface area contributed by atoms with Gasteiger partial charge in [0, 0.05) is 10.0 Å². The lowest BCUT2D eigenvalue weighted by atomic mass is 10.1. The van der Waals surface area contributed by atoms with Crippen LogP contribution in [-0.2, 0) is 0 Å². The highest BCUT2D eigenvalue weighted by Crippen LogP contribution is 2.17. The summed E-state index contributed by atoms with van der Waals surface area (Å²) in [6.07, 6.45) is 3.15. The second kappa shape index (κ2) is 8.56. The third-order valence-corrected chi connectivity index (χ3v) is 4.27. The molecule has 3 rings (SSSR count). The minimum atomic E-state index is -0.762. The van der Waals surface area contributed by atoms with Gasteiger partial charge in [0.05, 0.1) is 5.56 Å². The smallest absolute Gasteiger partial charge is 0.346 e. The Morgan fingerprint density at radius 2 is 1.56 bits per heavy atom. The fourth-order valence-corrected chi connectivity index (χ4v) is 2.58. The number of carbonyl (C=O) groups is 2. The summed E-state index contributed by atoms with van der Waals surface area (Å²) in [5.74, 6) is -1.22. The number of hydrogen-bond acceptors (Lipinski definition) is 3. The lowest BCUT2D eigenvalue weighted by Gasteiger charge is -2.05. The molecule has 0 radical (unpaired) electrons. The Morgan fingerprint density at radius 3 is 2.22 bits per heavy atom. The molecule has 0 unspecified atom stereocenters. The molecule has 0 spiro atoms. The quantitative estimate of drug-likeness (QED) is 0.228. The number of esters is 1. The van der Waals surface area contributed by atoms with Crippen molar-refractivity contribution in [3.05, 3.63) is 106 Å². The number of hydrogen-bond donors (Lipinski definition) is 0. The average molecular weight is 425 g/mol. The first kappa shape index (κ1) is 18.7. The fourth-order valence-electron chi connectivity index (χ4n) is 2.32. The molecule has 0 amide bonds. The van der Waals surface area contributed by atoms with Gasteiger partial charge in [-0.15, -0.1) is 0 Å². The molecule has 0 saturated heterocycles. The maximum Gasteiger partial charge on any atom is 0.346 e. The standard InChI is InChI=1S/C22H14BrFO3/c23-17-10-8-16(9-11-17)21(25)14-7-15-5-12-18(13-6-15)27-22(26)19-3-1-2-4-20(19)24/h1-14H/b14-7+. The number of ether oxygens (including phenoxy) is 1. The van der Waals surface area contributed by atoms with Crippen LogP contribution in [0, 0.1) is 5.82 Å². The molecule has 5 heteroatoms. The van der Waals surface area contributed by atoms with Crippen LogP contribution in [0.1, 0.15) is 26.3 Å². The van der Waals surface area contributed by atoms with Crippen molar-refractivity contribution in [3.8, 4) is 5.75 Å². The third-order valence-electron chi connectivity index (χ3n) is 3.74. The summed E-state index contributed by atoms with van der Waals surface area (Å²) in [4.78, 5) is 24.1. The van der Waals surface area contributed by atoms with Crippen LogP contribution in [0.2, 0.25) is 0 Å². The van der Waals surface area contributed by atoms with Crippen molar-refractivity contribution >= 4 is 33.8 Å². The van der Waals surface area contributed by atoms with Gasteiger partial charge in [-0.3, -0.25) is 4.79 Å². The largest absolute Gasteiger partial charge is 0.423 e. The summed E-state index contributed by atoms with van der Waals surface area (Å²) in [5.41, 5.74) is 1.23. The number of carbonyl (C=O) groups excluding carboxylic acids is 2. The molecule has 0 heterocycles. The van der Waals surface area contributed by atoms with Crippen molar-refractivity contribution in [3.63, 3.8) is 0 Å². The molecule has 0 aliphatic heterocycles. The highest BCUT2D eigenvalue weighted by atomic mass is 79.9. The molecule has 3 aromatic rings. The molecule has 0 saturated carbocycles. The molecule has 3 aromatic carbocycles. The molecule has 0 aliphatic carbocycles. The Hall–Kier alpha value is -3.05. The molecule has 0 bridgehead atoms. The molecule has 134 valence electrons. The van der Waals surface area contributed by atoms with Gasteiger partial charge in [-0.1, -0.05) is 46.3 Å². The fraction of sp³-hybridized carbons (Fsp3) is 0. The summed E-state index contributed by atoms with van der Waals surface area (Å²) >= 11 is 3.33. The van der Waals surface area contributed by atoms with Gasteiger partial charge in [-0.05, 0) is 60.2 Å². The van der Waals surface area contributed by atoms with Crippen LogP contribution in [-0.4, -0.2) is 11.8 Å². The second-order valence-electron chi connectivity index (χ2n) is 5.64. The number of rotatable bonds is 5. The van der Waals surface area contributed by atoms with Crippen LogP contribution < -0.4 is 4.74 Å². The van der Waals surface area contributed by atoms with E-state index >= 15 is 0 Å². The number of ketones is 1. The number of halogens is 2. The Labute approximate surface area is 164 Å². The second-order valence-corrected chi connectivity index (χ2v) is 6.56. The molecule has 0 atom stereocenters. The lowest BCUT2D eigenvalue weighted by Crippen LogP contribution is -2.10. The van der Waals surface area contributed by atoms with E-state index in [1.807, 2.05) is 0 Å². The van der Waals surface area contributed by atoms with Crippen LogP contribution in [0.3, 0.4) is 0 Å². The average Bonchev–Trinajstić information content (AvgIpc) is 2.68. The zero-order valence-electron chi connectivity index (χ0n) is 14.1. The predicted molar refractivity (Wildman–Crippen MR) is 105 cm³/mol. The summed E-state index contributed by atoms with van der Waals surface area (Å²) in [6.45, 7) is 0. The van der Waals surface area contributed by atoms with Gasteiger partial charge >= 0.3 is 5.97 Å². The van der Waals surface area contributed by atoms with Gasteiger partial charge in [0.2, 0.25) is 0 Å². The van der Waals surface area contributed by atoms with E-state index in [0.29, 0.717) is 11.3 Å². The monoisotopic (exact) mass is 424 g/mol. The van der Waals surface area contributed by atoms with Gasteiger partial charge in [0.15, 0.2) is 5.78 Å². The summed E-state index contributed by atoms with van der Waals surface area (Å²) in [6, 6.07) is 19.3. The van der Waals surface area contributed by atoms with Gasteiger partial charge in [0.25, 0.3) is 0 Å². The first-order valence-electron chi connectivity index (χ1n) is 8.08. The van der Waals surface area contributed by atoms with E-state index < -0.39 is 11.8 Å². The maximum atomic E-state index is 13.6.